The molecular formula is C14H18N2O3. The number of aromatic nitrogens is 2. The Morgan fingerprint density at radius 1 is 1.37 bits per heavy atom. The second-order valence-corrected chi connectivity index (χ2v) is 4.33. The zero-order chi connectivity index (χ0) is 13.8. The lowest BCUT2D eigenvalue weighted by Crippen LogP contribution is -1.98. The smallest absolute Gasteiger partial charge is 0.223 e. The predicted octanol–water partition coefficient (Wildman–Crippen LogP) is 2.16. The maximum absolute atomic E-state index is 9.38. The minimum absolute atomic E-state index is 0.0905. The summed E-state index contributed by atoms with van der Waals surface area (Å²) in [5.41, 5.74) is 2.51. The van der Waals surface area contributed by atoms with Gasteiger partial charge in [0.05, 0.1) is 24.5 Å². The van der Waals surface area contributed by atoms with Gasteiger partial charge in [0.2, 0.25) is 5.88 Å². The Kier molecular flexibility index (Phi) is 4.19. The number of ether oxygens (including phenoxy) is 2. The van der Waals surface area contributed by atoms with Gasteiger partial charge in [-0.25, -0.2) is 4.68 Å². The van der Waals surface area contributed by atoms with Crippen LogP contribution < -0.4 is 4.74 Å². The molecule has 1 aromatic heterocycles. The van der Waals surface area contributed by atoms with E-state index in [2.05, 4.69) is 5.10 Å². The van der Waals surface area contributed by atoms with Crippen molar-refractivity contribution in [1.82, 2.24) is 9.78 Å². The fourth-order valence-corrected chi connectivity index (χ4v) is 1.97. The normalized spacial score (nSPS) is 10.7. The van der Waals surface area contributed by atoms with Crippen LogP contribution in [0, 0.1) is 6.92 Å². The molecule has 0 atom stereocenters. The summed E-state index contributed by atoms with van der Waals surface area (Å²) in [6, 6.07) is 7.65. The molecule has 1 heterocycles. The lowest BCUT2D eigenvalue weighted by molar-refractivity contribution is 0.184. The van der Waals surface area contributed by atoms with Crippen molar-refractivity contribution >= 4 is 0 Å². The number of rotatable bonds is 5. The first kappa shape index (κ1) is 13.6. The van der Waals surface area contributed by atoms with Crippen molar-refractivity contribution in [2.45, 2.75) is 20.1 Å². The molecule has 102 valence electrons. The molecule has 0 spiro atoms. The second-order valence-electron chi connectivity index (χ2n) is 4.33. The van der Waals surface area contributed by atoms with Crippen molar-refractivity contribution in [3.05, 3.63) is 41.1 Å². The van der Waals surface area contributed by atoms with Gasteiger partial charge in [-0.15, -0.1) is 0 Å². The summed E-state index contributed by atoms with van der Waals surface area (Å²) in [4.78, 5) is 0. The van der Waals surface area contributed by atoms with Crippen LogP contribution in [0.1, 0.15) is 16.8 Å². The summed E-state index contributed by atoms with van der Waals surface area (Å²) in [6.45, 7) is 2.29. The number of benzene rings is 1. The molecule has 0 aliphatic rings. The van der Waals surface area contributed by atoms with Crippen molar-refractivity contribution in [3.63, 3.8) is 0 Å². The van der Waals surface area contributed by atoms with E-state index in [1.807, 2.05) is 31.2 Å². The average Bonchev–Trinajstić information content (AvgIpc) is 2.65. The van der Waals surface area contributed by atoms with E-state index in [4.69, 9.17) is 9.47 Å². The van der Waals surface area contributed by atoms with Crippen molar-refractivity contribution < 1.29 is 14.6 Å². The third-order valence-electron chi connectivity index (χ3n) is 2.87. The van der Waals surface area contributed by atoms with Gasteiger partial charge in [-0.2, -0.15) is 5.10 Å². The maximum atomic E-state index is 9.38. The zero-order valence-electron chi connectivity index (χ0n) is 11.4. The van der Waals surface area contributed by atoms with Gasteiger partial charge in [0.25, 0.3) is 0 Å². The van der Waals surface area contributed by atoms with Gasteiger partial charge >= 0.3 is 0 Å². The molecule has 2 aromatic rings. The summed E-state index contributed by atoms with van der Waals surface area (Å²) in [6.07, 6.45) is 0. The molecule has 0 unspecified atom stereocenters. The van der Waals surface area contributed by atoms with Crippen LogP contribution in [-0.2, 0) is 25.0 Å². The summed E-state index contributed by atoms with van der Waals surface area (Å²) in [5.74, 6) is 1.27. The van der Waals surface area contributed by atoms with Crippen LogP contribution in [0.4, 0.5) is 0 Å². The van der Waals surface area contributed by atoms with Crippen molar-refractivity contribution in [2.24, 2.45) is 7.05 Å². The topological polar surface area (TPSA) is 56.5 Å². The fraction of sp³-hybridized carbons (Fsp3) is 0.357. The van der Waals surface area contributed by atoms with E-state index in [-0.39, 0.29) is 6.61 Å². The Morgan fingerprint density at radius 2 is 2.16 bits per heavy atom. The van der Waals surface area contributed by atoms with E-state index in [0.717, 1.165) is 11.3 Å². The van der Waals surface area contributed by atoms with E-state index >= 15 is 0 Å². The monoisotopic (exact) mass is 262 g/mol. The van der Waals surface area contributed by atoms with E-state index in [0.29, 0.717) is 23.8 Å². The Hall–Kier alpha value is -1.85. The molecule has 0 fully saturated rings. The largest absolute Gasteiger partial charge is 0.439 e. The highest BCUT2D eigenvalue weighted by molar-refractivity contribution is 5.36. The van der Waals surface area contributed by atoms with Gasteiger partial charge in [0, 0.05) is 14.2 Å². The summed E-state index contributed by atoms with van der Waals surface area (Å²) in [5, 5.41) is 13.6. The van der Waals surface area contributed by atoms with Gasteiger partial charge < -0.3 is 14.6 Å². The van der Waals surface area contributed by atoms with Crippen LogP contribution in [0.3, 0.4) is 0 Å². The molecule has 5 nitrogen and oxygen atoms in total. The molecule has 1 N–H and O–H groups in total. The number of aliphatic hydroxyl groups excluding tert-OH is 1. The Labute approximate surface area is 112 Å². The molecule has 0 aliphatic heterocycles. The molecule has 0 amide bonds. The predicted molar refractivity (Wildman–Crippen MR) is 71.1 cm³/mol. The van der Waals surface area contributed by atoms with Gasteiger partial charge in [0.1, 0.15) is 5.75 Å². The SMILES string of the molecule is COCc1cccc(Oc2c(CO)c(C)nn2C)c1. The number of methoxy groups -OCH3 is 1. The third kappa shape index (κ3) is 2.94. The Morgan fingerprint density at radius 3 is 2.84 bits per heavy atom. The Balaban J connectivity index is 2.28. The molecule has 0 saturated heterocycles. The van der Waals surface area contributed by atoms with Crippen LogP contribution in [0.25, 0.3) is 0 Å². The average molecular weight is 262 g/mol. The summed E-state index contributed by atoms with van der Waals surface area (Å²) in [7, 11) is 3.45. The molecule has 0 radical (unpaired) electrons. The minimum Gasteiger partial charge on any atom is -0.439 e. The molecule has 19 heavy (non-hydrogen) atoms. The highest BCUT2D eigenvalue weighted by Gasteiger charge is 2.14. The van der Waals surface area contributed by atoms with Gasteiger partial charge in [-0.3, -0.25) is 0 Å². The second kappa shape index (κ2) is 5.86. The fourth-order valence-electron chi connectivity index (χ4n) is 1.97. The van der Waals surface area contributed by atoms with E-state index in [9.17, 15) is 5.11 Å². The number of hydrogen-bond acceptors (Lipinski definition) is 4. The van der Waals surface area contributed by atoms with Crippen LogP contribution in [-0.4, -0.2) is 22.0 Å². The number of hydrogen-bond donors (Lipinski definition) is 1. The molecule has 5 heteroatoms. The highest BCUT2D eigenvalue weighted by Crippen LogP contribution is 2.27. The zero-order valence-corrected chi connectivity index (χ0v) is 11.4. The van der Waals surface area contributed by atoms with Crippen molar-refractivity contribution in [3.8, 4) is 11.6 Å². The quantitative estimate of drug-likeness (QED) is 0.897. The van der Waals surface area contributed by atoms with E-state index < -0.39 is 0 Å². The standard InChI is InChI=1S/C14H18N2O3/c1-10-13(8-17)14(16(2)15-10)19-12-6-4-5-11(7-12)9-18-3/h4-7,17H,8-9H2,1-3H3. The van der Waals surface area contributed by atoms with Crippen LogP contribution >= 0.6 is 0 Å². The van der Waals surface area contributed by atoms with Crippen LogP contribution in [0.5, 0.6) is 11.6 Å². The summed E-state index contributed by atoms with van der Waals surface area (Å²) < 4.78 is 12.5. The number of aryl methyl sites for hydroxylation is 2. The first-order valence-electron chi connectivity index (χ1n) is 6.04. The molecule has 1 aromatic carbocycles. The molecular weight excluding hydrogens is 244 g/mol. The van der Waals surface area contributed by atoms with E-state index in [1.54, 1.807) is 18.8 Å². The number of aliphatic hydroxyl groups is 1. The lowest BCUT2D eigenvalue weighted by atomic mass is 10.2. The van der Waals surface area contributed by atoms with Crippen molar-refractivity contribution in [2.75, 3.05) is 7.11 Å². The lowest BCUT2D eigenvalue weighted by Gasteiger charge is -2.09. The minimum atomic E-state index is -0.0905. The van der Waals surface area contributed by atoms with Gasteiger partial charge in [-0.1, -0.05) is 12.1 Å². The van der Waals surface area contributed by atoms with Crippen molar-refractivity contribution in [1.29, 1.82) is 0 Å². The summed E-state index contributed by atoms with van der Waals surface area (Å²) >= 11 is 0. The number of nitrogens with zero attached hydrogens (tertiary/aromatic N) is 2. The first-order valence-corrected chi connectivity index (χ1v) is 6.04. The molecule has 0 bridgehead atoms. The van der Waals surface area contributed by atoms with Crippen LogP contribution in [0.15, 0.2) is 24.3 Å². The Bertz CT molecular complexity index is 564. The molecule has 0 aliphatic carbocycles. The van der Waals surface area contributed by atoms with E-state index in [1.165, 1.54) is 0 Å². The van der Waals surface area contributed by atoms with Crippen LogP contribution in [0.2, 0.25) is 0 Å². The molecule has 0 saturated carbocycles. The van der Waals surface area contributed by atoms with Gasteiger partial charge in [-0.05, 0) is 24.6 Å². The molecule has 2 rings (SSSR count). The van der Waals surface area contributed by atoms with Gasteiger partial charge in [0.15, 0.2) is 0 Å². The first-order chi connectivity index (χ1) is 9.15. The maximum Gasteiger partial charge on any atom is 0.223 e. The third-order valence-corrected chi connectivity index (χ3v) is 2.87. The highest BCUT2D eigenvalue weighted by atomic mass is 16.5.